The molecular formula is C22H20ClFN2O2. The second-order valence-corrected chi connectivity index (χ2v) is 6.68. The van der Waals surface area contributed by atoms with Crippen LogP contribution in [0, 0.1) is 12.7 Å². The maximum atomic E-state index is 12.9. The largest absolute Gasteiger partial charge is 0.482 e. The Bertz CT molecular complexity index is 961. The Labute approximate surface area is 168 Å². The summed E-state index contributed by atoms with van der Waals surface area (Å²) in [7, 11) is 0. The topological polar surface area (TPSA) is 50.4 Å². The number of hydrogen-bond acceptors (Lipinski definition) is 3. The molecule has 0 saturated carbocycles. The first-order valence-corrected chi connectivity index (χ1v) is 9.15. The summed E-state index contributed by atoms with van der Waals surface area (Å²) in [6, 6.07) is 19.0. The fourth-order valence-electron chi connectivity index (χ4n) is 2.59. The Balaban J connectivity index is 1.53. The summed E-state index contributed by atoms with van der Waals surface area (Å²) < 4.78 is 18.5. The van der Waals surface area contributed by atoms with Gasteiger partial charge in [0.1, 0.15) is 11.6 Å². The molecule has 1 amide bonds. The molecule has 0 radical (unpaired) electrons. The van der Waals surface area contributed by atoms with Crippen LogP contribution < -0.4 is 15.4 Å². The van der Waals surface area contributed by atoms with Gasteiger partial charge in [0.25, 0.3) is 5.91 Å². The maximum absolute atomic E-state index is 12.9. The zero-order valence-corrected chi connectivity index (χ0v) is 16.1. The zero-order valence-electron chi connectivity index (χ0n) is 15.3. The van der Waals surface area contributed by atoms with E-state index in [1.165, 1.54) is 12.1 Å². The lowest BCUT2D eigenvalue weighted by atomic mass is 10.2. The van der Waals surface area contributed by atoms with Crippen molar-refractivity contribution in [3.63, 3.8) is 0 Å². The van der Waals surface area contributed by atoms with E-state index in [4.69, 9.17) is 16.3 Å². The quantitative estimate of drug-likeness (QED) is 0.559. The van der Waals surface area contributed by atoms with Gasteiger partial charge in [-0.1, -0.05) is 35.9 Å². The fourth-order valence-corrected chi connectivity index (χ4v) is 2.84. The van der Waals surface area contributed by atoms with Crippen molar-refractivity contribution in [1.82, 2.24) is 0 Å². The number of hydrogen-bond donors (Lipinski definition) is 2. The van der Waals surface area contributed by atoms with E-state index in [0.717, 1.165) is 22.5 Å². The third kappa shape index (κ3) is 5.47. The van der Waals surface area contributed by atoms with Crippen LogP contribution in [0.5, 0.6) is 5.75 Å². The van der Waals surface area contributed by atoms with Crippen molar-refractivity contribution in [2.45, 2.75) is 13.5 Å². The molecule has 3 aromatic carbocycles. The van der Waals surface area contributed by atoms with Gasteiger partial charge in [0.2, 0.25) is 0 Å². The van der Waals surface area contributed by atoms with Crippen LogP contribution in [-0.4, -0.2) is 12.5 Å². The molecule has 144 valence electrons. The van der Waals surface area contributed by atoms with Crippen LogP contribution in [0.2, 0.25) is 5.02 Å². The lowest BCUT2D eigenvalue weighted by Crippen LogP contribution is -2.20. The average molecular weight is 399 g/mol. The summed E-state index contributed by atoms with van der Waals surface area (Å²) in [6.07, 6.45) is 0. The SMILES string of the molecule is Cc1ccccc1NC(=O)COc1ccc(CNc2ccc(F)cc2)cc1Cl. The highest BCUT2D eigenvalue weighted by atomic mass is 35.5. The Morgan fingerprint density at radius 1 is 1.07 bits per heavy atom. The van der Waals surface area contributed by atoms with Crippen molar-refractivity contribution in [2.24, 2.45) is 0 Å². The summed E-state index contributed by atoms with van der Waals surface area (Å²) in [5.41, 5.74) is 3.48. The van der Waals surface area contributed by atoms with Crippen LogP contribution in [0.1, 0.15) is 11.1 Å². The van der Waals surface area contributed by atoms with Crippen molar-refractivity contribution in [3.05, 3.63) is 88.7 Å². The van der Waals surface area contributed by atoms with Crippen LogP contribution in [0.25, 0.3) is 0 Å². The Hall–Kier alpha value is -3.05. The molecule has 0 unspecified atom stereocenters. The lowest BCUT2D eigenvalue weighted by Gasteiger charge is -2.12. The fraction of sp³-hybridized carbons (Fsp3) is 0.136. The van der Waals surface area contributed by atoms with Gasteiger partial charge in [-0.3, -0.25) is 4.79 Å². The van der Waals surface area contributed by atoms with E-state index >= 15 is 0 Å². The third-order valence-electron chi connectivity index (χ3n) is 4.12. The molecule has 0 aromatic heterocycles. The highest BCUT2D eigenvalue weighted by Crippen LogP contribution is 2.26. The molecule has 3 aromatic rings. The number of carbonyl (C=O) groups is 1. The highest BCUT2D eigenvalue weighted by molar-refractivity contribution is 6.32. The van der Waals surface area contributed by atoms with Gasteiger partial charge < -0.3 is 15.4 Å². The van der Waals surface area contributed by atoms with Crippen molar-refractivity contribution in [2.75, 3.05) is 17.2 Å². The molecule has 28 heavy (non-hydrogen) atoms. The van der Waals surface area contributed by atoms with Gasteiger partial charge in [0.15, 0.2) is 6.61 Å². The molecule has 3 rings (SSSR count). The minimum atomic E-state index is -0.276. The van der Waals surface area contributed by atoms with Gasteiger partial charge in [-0.15, -0.1) is 0 Å². The van der Waals surface area contributed by atoms with Gasteiger partial charge >= 0.3 is 0 Å². The first-order chi connectivity index (χ1) is 13.5. The van der Waals surface area contributed by atoms with Gasteiger partial charge in [0.05, 0.1) is 5.02 Å². The van der Waals surface area contributed by atoms with Crippen molar-refractivity contribution in [1.29, 1.82) is 0 Å². The number of anilines is 2. The van der Waals surface area contributed by atoms with Crippen LogP contribution in [0.4, 0.5) is 15.8 Å². The molecular weight excluding hydrogens is 379 g/mol. The number of halogens is 2. The Morgan fingerprint density at radius 3 is 2.54 bits per heavy atom. The van der Waals surface area contributed by atoms with E-state index in [2.05, 4.69) is 10.6 Å². The summed E-state index contributed by atoms with van der Waals surface area (Å²) in [5.74, 6) is -0.0962. The smallest absolute Gasteiger partial charge is 0.262 e. The Morgan fingerprint density at radius 2 is 1.82 bits per heavy atom. The van der Waals surface area contributed by atoms with Crippen LogP contribution in [-0.2, 0) is 11.3 Å². The normalized spacial score (nSPS) is 10.4. The number of para-hydroxylation sites is 1. The second kappa shape index (κ2) is 9.24. The van der Waals surface area contributed by atoms with Gasteiger partial charge in [-0.2, -0.15) is 0 Å². The van der Waals surface area contributed by atoms with E-state index in [1.807, 2.05) is 37.3 Å². The highest BCUT2D eigenvalue weighted by Gasteiger charge is 2.08. The molecule has 0 saturated heterocycles. The summed E-state index contributed by atoms with van der Waals surface area (Å²) in [6.45, 7) is 2.31. The maximum Gasteiger partial charge on any atom is 0.262 e. The van der Waals surface area contributed by atoms with Crippen molar-refractivity contribution < 1.29 is 13.9 Å². The minimum Gasteiger partial charge on any atom is -0.482 e. The first kappa shape index (κ1) is 19.7. The average Bonchev–Trinajstić information content (AvgIpc) is 2.68. The number of ether oxygens (including phenoxy) is 1. The van der Waals surface area contributed by atoms with Crippen LogP contribution >= 0.6 is 11.6 Å². The van der Waals surface area contributed by atoms with E-state index < -0.39 is 0 Å². The second-order valence-electron chi connectivity index (χ2n) is 6.28. The molecule has 0 heterocycles. The molecule has 0 aliphatic heterocycles. The van der Waals surface area contributed by atoms with Crippen molar-refractivity contribution >= 4 is 28.9 Å². The molecule has 0 fully saturated rings. The van der Waals surface area contributed by atoms with E-state index in [0.29, 0.717) is 17.3 Å². The molecule has 0 spiro atoms. The van der Waals surface area contributed by atoms with Gasteiger partial charge in [-0.25, -0.2) is 4.39 Å². The predicted octanol–water partition coefficient (Wildman–Crippen LogP) is 5.42. The third-order valence-corrected chi connectivity index (χ3v) is 4.41. The van der Waals surface area contributed by atoms with E-state index in [-0.39, 0.29) is 18.3 Å². The number of benzene rings is 3. The molecule has 6 heteroatoms. The first-order valence-electron chi connectivity index (χ1n) is 8.77. The van der Waals surface area contributed by atoms with Gasteiger partial charge in [-0.05, 0) is 60.5 Å². The molecule has 0 aliphatic carbocycles. The summed E-state index contributed by atoms with van der Waals surface area (Å²) in [4.78, 5) is 12.1. The number of nitrogens with one attached hydrogen (secondary N) is 2. The number of aryl methyl sites for hydroxylation is 1. The lowest BCUT2D eigenvalue weighted by molar-refractivity contribution is -0.118. The number of amides is 1. The van der Waals surface area contributed by atoms with Crippen LogP contribution in [0.15, 0.2) is 66.7 Å². The molecule has 2 N–H and O–H groups in total. The Kier molecular flexibility index (Phi) is 6.50. The molecule has 4 nitrogen and oxygen atoms in total. The van der Waals surface area contributed by atoms with Crippen LogP contribution in [0.3, 0.4) is 0 Å². The van der Waals surface area contributed by atoms with E-state index in [9.17, 15) is 9.18 Å². The predicted molar refractivity (Wildman–Crippen MR) is 110 cm³/mol. The zero-order chi connectivity index (χ0) is 19.9. The standard InChI is InChI=1S/C22H20ClFN2O2/c1-15-4-2-3-5-20(15)26-22(27)14-28-21-11-6-16(12-19(21)23)13-25-18-9-7-17(24)8-10-18/h2-12,25H,13-14H2,1H3,(H,26,27). The number of carbonyl (C=O) groups excluding carboxylic acids is 1. The monoisotopic (exact) mass is 398 g/mol. The molecule has 0 aliphatic rings. The number of rotatable bonds is 7. The van der Waals surface area contributed by atoms with E-state index in [1.54, 1.807) is 24.3 Å². The van der Waals surface area contributed by atoms with Gasteiger partial charge in [0, 0.05) is 17.9 Å². The van der Waals surface area contributed by atoms with Crippen molar-refractivity contribution in [3.8, 4) is 5.75 Å². The summed E-state index contributed by atoms with van der Waals surface area (Å²) in [5, 5.41) is 6.42. The minimum absolute atomic E-state index is 0.138. The molecule has 0 bridgehead atoms. The molecule has 0 atom stereocenters. The summed E-state index contributed by atoms with van der Waals surface area (Å²) >= 11 is 6.27.